The van der Waals surface area contributed by atoms with Gasteiger partial charge in [-0.15, -0.1) is 11.3 Å². The van der Waals surface area contributed by atoms with Gasteiger partial charge in [-0.2, -0.15) is 0 Å². The number of urea groups is 1. The third kappa shape index (κ3) is 3.22. The molecule has 23 heavy (non-hydrogen) atoms. The van der Waals surface area contributed by atoms with E-state index in [0.29, 0.717) is 6.54 Å². The fourth-order valence-corrected chi connectivity index (χ4v) is 3.79. The van der Waals surface area contributed by atoms with Gasteiger partial charge in [-0.1, -0.05) is 12.1 Å². The van der Waals surface area contributed by atoms with E-state index in [1.165, 1.54) is 10.4 Å². The molecular formula is C17H18N2O3S. The van der Waals surface area contributed by atoms with Crippen LogP contribution in [0.3, 0.4) is 0 Å². The maximum atomic E-state index is 12.4. The number of hydrogen-bond acceptors (Lipinski definition) is 3. The number of carboxylic acids is 1. The zero-order valence-corrected chi connectivity index (χ0v) is 13.6. The molecule has 6 heteroatoms. The smallest absolute Gasteiger partial charge is 0.335 e. The summed E-state index contributed by atoms with van der Waals surface area (Å²) < 4.78 is 0. The first-order valence-electron chi connectivity index (χ1n) is 7.49. The number of nitrogens with one attached hydrogen (secondary N) is 1. The molecule has 1 aliphatic rings. The van der Waals surface area contributed by atoms with Crippen molar-refractivity contribution in [3.8, 4) is 0 Å². The number of benzene rings is 1. The highest BCUT2D eigenvalue weighted by Gasteiger charge is 2.28. The summed E-state index contributed by atoms with van der Waals surface area (Å²) in [5, 5.41) is 13.9. The topological polar surface area (TPSA) is 69.6 Å². The Hall–Kier alpha value is -2.34. The molecule has 0 saturated heterocycles. The number of rotatable bonds is 3. The summed E-state index contributed by atoms with van der Waals surface area (Å²) in [7, 11) is 0. The number of carboxylic acid groups (broad SMARTS) is 1. The normalized spacial score (nSPS) is 16.7. The van der Waals surface area contributed by atoms with E-state index in [0.717, 1.165) is 18.5 Å². The van der Waals surface area contributed by atoms with Gasteiger partial charge >= 0.3 is 12.0 Å². The van der Waals surface area contributed by atoms with Gasteiger partial charge in [-0.3, -0.25) is 0 Å². The van der Waals surface area contributed by atoms with Crippen LogP contribution in [0.5, 0.6) is 0 Å². The van der Waals surface area contributed by atoms with Crippen molar-refractivity contribution >= 4 is 23.3 Å². The fraction of sp³-hybridized carbons (Fsp3) is 0.294. The van der Waals surface area contributed by atoms with E-state index in [1.54, 1.807) is 35.6 Å². The van der Waals surface area contributed by atoms with Crippen LogP contribution in [0.25, 0.3) is 0 Å². The first-order valence-corrected chi connectivity index (χ1v) is 8.37. The molecule has 0 fully saturated rings. The van der Waals surface area contributed by atoms with E-state index in [4.69, 9.17) is 5.11 Å². The summed E-state index contributed by atoms with van der Waals surface area (Å²) in [6.07, 6.45) is 0.901. The van der Waals surface area contributed by atoms with E-state index in [-0.39, 0.29) is 17.6 Å². The van der Waals surface area contributed by atoms with Crippen molar-refractivity contribution in [2.24, 2.45) is 0 Å². The summed E-state index contributed by atoms with van der Waals surface area (Å²) in [6, 6.07) is 8.63. The maximum Gasteiger partial charge on any atom is 0.335 e. The van der Waals surface area contributed by atoms with Gasteiger partial charge in [-0.25, -0.2) is 9.59 Å². The molecule has 1 aromatic heterocycles. The third-order valence-corrected chi connectivity index (χ3v) is 5.18. The minimum Gasteiger partial charge on any atom is -0.478 e. The Morgan fingerprint density at radius 2 is 2.04 bits per heavy atom. The van der Waals surface area contributed by atoms with Crippen LogP contribution in [0.2, 0.25) is 0 Å². The lowest BCUT2D eigenvalue weighted by molar-refractivity contribution is 0.0697. The molecule has 2 amide bonds. The Balaban J connectivity index is 1.60. The van der Waals surface area contributed by atoms with Crippen molar-refractivity contribution in [2.75, 3.05) is 6.54 Å². The highest BCUT2D eigenvalue weighted by atomic mass is 32.1. The SMILES string of the molecule is CC1c2ccsc2CCN1C(=O)NCc1ccc(C(=O)O)cc1. The molecule has 5 nitrogen and oxygen atoms in total. The fourth-order valence-electron chi connectivity index (χ4n) is 2.83. The number of carbonyl (C=O) groups is 2. The van der Waals surface area contributed by atoms with Gasteiger partial charge in [0.1, 0.15) is 0 Å². The lowest BCUT2D eigenvalue weighted by Gasteiger charge is -2.33. The van der Waals surface area contributed by atoms with Crippen molar-refractivity contribution in [3.63, 3.8) is 0 Å². The minimum absolute atomic E-state index is 0.0828. The zero-order valence-electron chi connectivity index (χ0n) is 12.8. The van der Waals surface area contributed by atoms with Gasteiger partial charge in [0.15, 0.2) is 0 Å². The van der Waals surface area contributed by atoms with E-state index in [2.05, 4.69) is 16.8 Å². The van der Waals surface area contributed by atoms with Gasteiger partial charge < -0.3 is 15.3 Å². The number of carbonyl (C=O) groups excluding carboxylic acids is 1. The Kier molecular flexibility index (Phi) is 4.34. The molecular weight excluding hydrogens is 312 g/mol. The van der Waals surface area contributed by atoms with Crippen molar-refractivity contribution in [3.05, 3.63) is 57.3 Å². The summed E-state index contributed by atoms with van der Waals surface area (Å²) in [5.41, 5.74) is 2.36. The average molecular weight is 330 g/mol. The standard InChI is InChI=1S/C17H18N2O3S/c1-11-14-7-9-23-15(14)6-8-19(11)17(22)18-10-12-2-4-13(5-3-12)16(20)21/h2-5,7,9,11H,6,8,10H2,1H3,(H,18,22)(H,20,21). The lowest BCUT2D eigenvalue weighted by Crippen LogP contribution is -2.44. The van der Waals surface area contributed by atoms with Crippen LogP contribution in [0.4, 0.5) is 4.79 Å². The minimum atomic E-state index is -0.950. The highest BCUT2D eigenvalue weighted by molar-refractivity contribution is 7.10. The Morgan fingerprint density at radius 3 is 2.74 bits per heavy atom. The Morgan fingerprint density at radius 1 is 1.30 bits per heavy atom. The van der Waals surface area contributed by atoms with E-state index in [9.17, 15) is 9.59 Å². The Labute approximate surface area is 138 Å². The zero-order chi connectivity index (χ0) is 16.4. The predicted molar refractivity (Wildman–Crippen MR) is 88.8 cm³/mol. The molecule has 1 aromatic carbocycles. The quantitative estimate of drug-likeness (QED) is 0.907. The molecule has 0 bridgehead atoms. The second-order valence-corrected chi connectivity index (χ2v) is 6.58. The number of amides is 2. The number of hydrogen-bond donors (Lipinski definition) is 2. The van der Waals surface area contributed by atoms with Crippen LogP contribution in [0.1, 0.15) is 39.3 Å². The highest BCUT2D eigenvalue weighted by Crippen LogP contribution is 2.32. The summed E-state index contributed by atoms with van der Waals surface area (Å²) >= 11 is 1.75. The van der Waals surface area contributed by atoms with Gasteiger partial charge in [0.2, 0.25) is 0 Å². The maximum absolute atomic E-state index is 12.4. The molecule has 2 N–H and O–H groups in total. The summed E-state index contributed by atoms with van der Waals surface area (Å²) in [6.45, 7) is 3.16. The molecule has 120 valence electrons. The number of thiophene rings is 1. The summed E-state index contributed by atoms with van der Waals surface area (Å²) in [5.74, 6) is -0.950. The van der Waals surface area contributed by atoms with E-state index in [1.807, 2.05) is 11.8 Å². The van der Waals surface area contributed by atoms with Gasteiger partial charge in [-0.05, 0) is 48.1 Å². The molecule has 3 rings (SSSR count). The lowest BCUT2D eigenvalue weighted by atomic mass is 10.0. The third-order valence-electron chi connectivity index (χ3n) is 4.18. The number of nitrogens with zero attached hydrogens (tertiary/aromatic N) is 1. The molecule has 2 heterocycles. The molecule has 0 saturated carbocycles. The van der Waals surface area contributed by atoms with Crippen LogP contribution in [0, 0.1) is 0 Å². The first-order chi connectivity index (χ1) is 11.1. The van der Waals surface area contributed by atoms with Crippen LogP contribution >= 0.6 is 11.3 Å². The first kappa shape index (κ1) is 15.6. The van der Waals surface area contributed by atoms with Crippen LogP contribution in [0.15, 0.2) is 35.7 Å². The van der Waals surface area contributed by atoms with Crippen LogP contribution < -0.4 is 5.32 Å². The number of fused-ring (bicyclic) bond motifs is 1. The van der Waals surface area contributed by atoms with Gasteiger partial charge in [0, 0.05) is 18.0 Å². The predicted octanol–water partition coefficient (Wildman–Crippen LogP) is 3.28. The number of aromatic carboxylic acids is 1. The van der Waals surface area contributed by atoms with Gasteiger partial charge in [0.05, 0.1) is 11.6 Å². The van der Waals surface area contributed by atoms with Crippen LogP contribution in [-0.2, 0) is 13.0 Å². The van der Waals surface area contributed by atoms with Crippen LogP contribution in [-0.4, -0.2) is 28.6 Å². The van der Waals surface area contributed by atoms with Crippen molar-refractivity contribution in [1.82, 2.24) is 10.2 Å². The molecule has 0 aliphatic carbocycles. The second-order valence-electron chi connectivity index (χ2n) is 5.58. The molecule has 1 unspecified atom stereocenters. The van der Waals surface area contributed by atoms with Crippen molar-refractivity contribution < 1.29 is 14.7 Å². The molecule has 1 atom stereocenters. The van der Waals surface area contributed by atoms with Crippen molar-refractivity contribution in [1.29, 1.82) is 0 Å². The Bertz CT molecular complexity index is 724. The van der Waals surface area contributed by atoms with Gasteiger partial charge in [0.25, 0.3) is 0 Å². The summed E-state index contributed by atoms with van der Waals surface area (Å²) in [4.78, 5) is 26.5. The van der Waals surface area contributed by atoms with E-state index >= 15 is 0 Å². The molecule has 0 spiro atoms. The monoisotopic (exact) mass is 330 g/mol. The second kappa shape index (κ2) is 6.42. The largest absolute Gasteiger partial charge is 0.478 e. The van der Waals surface area contributed by atoms with E-state index < -0.39 is 5.97 Å². The van der Waals surface area contributed by atoms with Crippen molar-refractivity contribution in [2.45, 2.75) is 25.9 Å². The molecule has 1 aliphatic heterocycles. The average Bonchev–Trinajstić information content (AvgIpc) is 3.03. The molecule has 0 radical (unpaired) electrons. The molecule has 2 aromatic rings.